The zero-order valence-electron chi connectivity index (χ0n) is 12.4. The van der Waals surface area contributed by atoms with Crippen molar-refractivity contribution in [2.75, 3.05) is 12.4 Å². The monoisotopic (exact) mass is 347 g/mol. The van der Waals surface area contributed by atoms with Crippen LogP contribution < -0.4 is 10.1 Å². The van der Waals surface area contributed by atoms with Crippen LogP contribution in [0.4, 0.5) is 10.1 Å². The number of rotatable bonds is 4. The number of carbonyl (C=O) groups excluding carboxylic acids is 1. The molecule has 0 radical (unpaired) electrons. The normalized spacial score (nSPS) is 10.5. The Hall–Kier alpha value is -3.00. The van der Waals surface area contributed by atoms with Crippen LogP contribution in [0.5, 0.6) is 5.75 Å². The number of halogens is 2. The lowest BCUT2D eigenvalue weighted by molar-refractivity contribution is 0.102. The molecule has 0 aliphatic carbocycles. The number of anilines is 1. The van der Waals surface area contributed by atoms with Gasteiger partial charge in [-0.1, -0.05) is 11.6 Å². The van der Waals surface area contributed by atoms with Crippen LogP contribution in [-0.4, -0.2) is 33.2 Å². The third-order valence-electron chi connectivity index (χ3n) is 3.21. The summed E-state index contributed by atoms with van der Waals surface area (Å²) in [5, 5.41) is 13.8. The first-order chi connectivity index (χ1) is 11.6. The van der Waals surface area contributed by atoms with Crippen molar-refractivity contribution in [1.29, 1.82) is 0 Å². The molecule has 2 aromatic carbocycles. The Labute approximate surface area is 141 Å². The number of nitrogens with one attached hydrogen (secondary N) is 1. The van der Waals surface area contributed by atoms with Gasteiger partial charge in [0.15, 0.2) is 0 Å². The van der Waals surface area contributed by atoms with Gasteiger partial charge < -0.3 is 10.1 Å². The van der Waals surface area contributed by atoms with E-state index in [-0.39, 0.29) is 11.3 Å². The number of tetrazole rings is 1. The standard InChI is InChI=1S/C15H11ClFN5O2/c1-24-14-5-2-9(16)6-12(14)19-15(23)11-4-3-10(17)7-13(11)22-8-18-20-21-22/h2-8H,1H3,(H,19,23). The number of aromatic nitrogens is 4. The minimum atomic E-state index is -0.516. The number of methoxy groups -OCH3 is 1. The van der Waals surface area contributed by atoms with Gasteiger partial charge in [0.05, 0.1) is 24.0 Å². The van der Waals surface area contributed by atoms with E-state index in [1.54, 1.807) is 18.2 Å². The summed E-state index contributed by atoms with van der Waals surface area (Å²) in [6.45, 7) is 0. The zero-order valence-corrected chi connectivity index (χ0v) is 13.2. The molecule has 3 aromatic rings. The van der Waals surface area contributed by atoms with Gasteiger partial charge in [0.1, 0.15) is 17.9 Å². The minimum Gasteiger partial charge on any atom is -0.495 e. The number of ether oxygens (including phenoxy) is 1. The molecule has 0 bridgehead atoms. The molecule has 0 spiro atoms. The summed E-state index contributed by atoms with van der Waals surface area (Å²) in [7, 11) is 1.48. The molecule has 0 fully saturated rings. The van der Waals surface area contributed by atoms with Crippen LogP contribution in [0.1, 0.15) is 10.4 Å². The van der Waals surface area contributed by atoms with Gasteiger partial charge in [-0.2, -0.15) is 4.68 Å². The number of amides is 1. The second-order valence-corrected chi connectivity index (χ2v) is 5.15. The maximum absolute atomic E-state index is 13.5. The summed E-state index contributed by atoms with van der Waals surface area (Å²) >= 11 is 5.95. The third-order valence-corrected chi connectivity index (χ3v) is 3.45. The maximum Gasteiger partial charge on any atom is 0.257 e. The van der Waals surface area contributed by atoms with Crippen LogP contribution in [0.2, 0.25) is 5.02 Å². The molecule has 3 rings (SSSR count). The average molecular weight is 348 g/mol. The fourth-order valence-electron chi connectivity index (χ4n) is 2.13. The van der Waals surface area contributed by atoms with Crippen LogP contribution in [0.15, 0.2) is 42.7 Å². The predicted octanol–water partition coefficient (Wildman–Crippen LogP) is 2.72. The van der Waals surface area contributed by atoms with Crippen LogP contribution in [0.3, 0.4) is 0 Å². The van der Waals surface area contributed by atoms with E-state index in [0.29, 0.717) is 16.5 Å². The smallest absolute Gasteiger partial charge is 0.257 e. The van der Waals surface area contributed by atoms with Crippen LogP contribution in [0, 0.1) is 5.82 Å². The fourth-order valence-corrected chi connectivity index (χ4v) is 2.30. The molecule has 122 valence electrons. The first kappa shape index (κ1) is 15.9. The molecule has 0 unspecified atom stereocenters. The topological polar surface area (TPSA) is 81.9 Å². The lowest BCUT2D eigenvalue weighted by Gasteiger charge is -2.12. The van der Waals surface area contributed by atoms with Crippen molar-refractivity contribution >= 4 is 23.2 Å². The van der Waals surface area contributed by atoms with Crippen molar-refractivity contribution in [2.45, 2.75) is 0 Å². The second-order valence-electron chi connectivity index (χ2n) is 4.71. The number of benzene rings is 2. The van der Waals surface area contributed by atoms with E-state index in [0.717, 1.165) is 0 Å². The predicted molar refractivity (Wildman–Crippen MR) is 85.1 cm³/mol. The molecule has 1 N–H and O–H groups in total. The van der Waals surface area contributed by atoms with Gasteiger partial charge in [0.25, 0.3) is 5.91 Å². The fraction of sp³-hybridized carbons (Fsp3) is 0.0667. The van der Waals surface area contributed by atoms with Crippen molar-refractivity contribution in [1.82, 2.24) is 20.2 Å². The quantitative estimate of drug-likeness (QED) is 0.784. The van der Waals surface area contributed by atoms with E-state index >= 15 is 0 Å². The molecule has 7 nitrogen and oxygen atoms in total. The summed E-state index contributed by atoms with van der Waals surface area (Å²) < 4.78 is 19.9. The Morgan fingerprint density at radius 3 is 2.83 bits per heavy atom. The van der Waals surface area contributed by atoms with E-state index in [1.165, 1.54) is 36.3 Å². The van der Waals surface area contributed by atoms with Crippen molar-refractivity contribution in [2.24, 2.45) is 0 Å². The van der Waals surface area contributed by atoms with Gasteiger partial charge in [-0.05, 0) is 40.8 Å². The molecule has 0 saturated carbocycles. The molecular formula is C15H11ClFN5O2. The number of hydrogen-bond donors (Lipinski definition) is 1. The Morgan fingerprint density at radius 1 is 1.29 bits per heavy atom. The SMILES string of the molecule is COc1ccc(Cl)cc1NC(=O)c1ccc(F)cc1-n1cnnn1. The van der Waals surface area contributed by atoms with E-state index < -0.39 is 11.7 Å². The van der Waals surface area contributed by atoms with Crippen LogP contribution in [-0.2, 0) is 0 Å². The molecular weight excluding hydrogens is 337 g/mol. The molecule has 0 aliphatic heterocycles. The van der Waals surface area contributed by atoms with Gasteiger partial charge in [-0.25, -0.2) is 4.39 Å². The molecule has 1 aromatic heterocycles. The Morgan fingerprint density at radius 2 is 2.12 bits per heavy atom. The van der Waals surface area contributed by atoms with Gasteiger partial charge in [-0.3, -0.25) is 4.79 Å². The maximum atomic E-state index is 13.5. The largest absolute Gasteiger partial charge is 0.495 e. The second kappa shape index (κ2) is 6.63. The van der Waals surface area contributed by atoms with E-state index in [1.807, 2.05) is 0 Å². The highest BCUT2D eigenvalue weighted by Gasteiger charge is 2.17. The minimum absolute atomic E-state index is 0.186. The van der Waals surface area contributed by atoms with Gasteiger partial charge >= 0.3 is 0 Å². The van der Waals surface area contributed by atoms with Gasteiger partial charge in [-0.15, -0.1) is 5.10 Å². The van der Waals surface area contributed by atoms with Crippen molar-refractivity contribution < 1.29 is 13.9 Å². The molecule has 9 heteroatoms. The first-order valence-corrected chi connectivity index (χ1v) is 7.14. The highest BCUT2D eigenvalue weighted by molar-refractivity contribution is 6.31. The summed E-state index contributed by atoms with van der Waals surface area (Å²) in [4.78, 5) is 12.6. The van der Waals surface area contributed by atoms with Crippen molar-refractivity contribution in [3.63, 3.8) is 0 Å². The van der Waals surface area contributed by atoms with Crippen molar-refractivity contribution in [3.05, 3.63) is 59.1 Å². The highest BCUT2D eigenvalue weighted by Crippen LogP contribution is 2.28. The van der Waals surface area contributed by atoms with E-state index in [4.69, 9.17) is 16.3 Å². The number of hydrogen-bond acceptors (Lipinski definition) is 5. The average Bonchev–Trinajstić information content (AvgIpc) is 3.09. The Kier molecular flexibility index (Phi) is 4.39. The van der Waals surface area contributed by atoms with E-state index in [2.05, 4.69) is 20.8 Å². The number of carbonyl (C=O) groups is 1. The first-order valence-electron chi connectivity index (χ1n) is 6.76. The lowest BCUT2D eigenvalue weighted by atomic mass is 10.1. The highest BCUT2D eigenvalue weighted by atomic mass is 35.5. The number of nitrogens with zero attached hydrogens (tertiary/aromatic N) is 4. The van der Waals surface area contributed by atoms with Gasteiger partial charge in [0, 0.05) is 11.1 Å². The summed E-state index contributed by atoms with van der Waals surface area (Å²) in [6.07, 6.45) is 1.27. The van der Waals surface area contributed by atoms with Crippen LogP contribution in [0.25, 0.3) is 5.69 Å². The Bertz CT molecular complexity index is 886. The summed E-state index contributed by atoms with van der Waals surface area (Å²) in [6, 6.07) is 8.51. The molecule has 1 heterocycles. The zero-order chi connectivity index (χ0) is 17.1. The molecule has 24 heavy (non-hydrogen) atoms. The summed E-state index contributed by atoms with van der Waals surface area (Å²) in [5.74, 6) is -0.558. The summed E-state index contributed by atoms with van der Waals surface area (Å²) in [5.41, 5.74) is 0.784. The molecule has 0 aliphatic rings. The van der Waals surface area contributed by atoms with E-state index in [9.17, 15) is 9.18 Å². The third kappa shape index (κ3) is 3.18. The van der Waals surface area contributed by atoms with Crippen molar-refractivity contribution in [3.8, 4) is 11.4 Å². The Balaban J connectivity index is 1.98. The molecule has 1 amide bonds. The molecule has 0 saturated heterocycles. The molecule has 0 atom stereocenters. The van der Waals surface area contributed by atoms with Gasteiger partial charge in [0.2, 0.25) is 0 Å². The van der Waals surface area contributed by atoms with Crippen LogP contribution >= 0.6 is 11.6 Å². The lowest BCUT2D eigenvalue weighted by Crippen LogP contribution is -2.16.